The minimum Gasteiger partial charge on any atom is -0.356 e. The Morgan fingerprint density at radius 2 is 1.86 bits per heavy atom. The van der Waals surface area contributed by atoms with Crippen molar-refractivity contribution in [2.75, 3.05) is 31.6 Å². The van der Waals surface area contributed by atoms with Gasteiger partial charge in [-0.1, -0.05) is 36.4 Å². The average molecular weight is 378 g/mol. The van der Waals surface area contributed by atoms with Gasteiger partial charge in [-0.2, -0.15) is 0 Å². The Morgan fingerprint density at radius 3 is 2.50 bits per heavy atom. The van der Waals surface area contributed by atoms with Crippen LogP contribution in [0.4, 0.5) is 5.82 Å². The molecule has 28 heavy (non-hydrogen) atoms. The summed E-state index contributed by atoms with van der Waals surface area (Å²) < 4.78 is 0. The molecule has 2 N–H and O–H groups in total. The van der Waals surface area contributed by atoms with Crippen molar-refractivity contribution in [3.8, 4) is 0 Å². The van der Waals surface area contributed by atoms with E-state index in [1.807, 2.05) is 19.3 Å². The van der Waals surface area contributed by atoms with Gasteiger partial charge < -0.3 is 15.5 Å². The van der Waals surface area contributed by atoms with E-state index in [1.165, 1.54) is 18.4 Å². The maximum absolute atomic E-state index is 4.47. The summed E-state index contributed by atoms with van der Waals surface area (Å²) in [6.07, 6.45) is 7.83. The number of rotatable bonds is 6. The van der Waals surface area contributed by atoms with Crippen LogP contribution in [0.5, 0.6) is 0 Å². The topological polar surface area (TPSA) is 52.6 Å². The molecule has 4 rings (SSSR count). The van der Waals surface area contributed by atoms with Crippen molar-refractivity contribution >= 4 is 11.8 Å². The van der Waals surface area contributed by atoms with Crippen molar-refractivity contribution in [1.29, 1.82) is 0 Å². The van der Waals surface area contributed by atoms with Crippen LogP contribution in [0.25, 0.3) is 0 Å². The molecule has 2 aliphatic rings. The zero-order valence-electron chi connectivity index (χ0n) is 16.8. The fourth-order valence-electron chi connectivity index (χ4n) is 4.07. The van der Waals surface area contributed by atoms with E-state index in [9.17, 15) is 0 Å². The highest BCUT2D eigenvalue weighted by atomic mass is 15.2. The number of hydrogen-bond acceptors (Lipinski definition) is 3. The van der Waals surface area contributed by atoms with E-state index in [4.69, 9.17) is 0 Å². The van der Waals surface area contributed by atoms with Gasteiger partial charge in [0.1, 0.15) is 5.82 Å². The van der Waals surface area contributed by atoms with E-state index in [-0.39, 0.29) is 0 Å². The van der Waals surface area contributed by atoms with Crippen LogP contribution in [0.15, 0.2) is 59.7 Å². The van der Waals surface area contributed by atoms with Gasteiger partial charge in [-0.05, 0) is 55.2 Å². The number of nitrogens with zero attached hydrogens (tertiary/aromatic N) is 3. The second-order valence-corrected chi connectivity index (χ2v) is 8.18. The fourth-order valence-corrected chi connectivity index (χ4v) is 4.07. The maximum atomic E-state index is 4.47. The Hall–Kier alpha value is -2.56. The Balaban J connectivity index is 1.23. The summed E-state index contributed by atoms with van der Waals surface area (Å²) in [5.41, 5.74) is 1.84. The van der Waals surface area contributed by atoms with Crippen LogP contribution in [-0.2, 0) is 6.42 Å². The minimum absolute atomic E-state index is 0.404. The van der Waals surface area contributed by atoms with Crippen molar-refractivity contribution in [3.05, 3.63) is 60.3 Å². The summed E-state index contributed by atoms with van der Waals surface area (Å²) in [4.78, 5) is 11.3. The summed E-state index contributed by atoms with van der Waals surface area (Å²) >= 11 is 0. The molecule has 2 heterocycles. The number of aromatic nitrogens is 1. The van der Waals surface area contributed by atoms with Crippen LogP contribution in [-0.4, -0.2) is 43.7 Å². The molecule has 0 radical (unpaired) electrons. The molecule has 0 atom stereocenters. The molecule has 1 saturated carbocycles. The van der Waals surface area contributed by atoms with Crippen molar-refractivity contribution in [3.63, 3.8) is 0 Å². The molecule has 2 fully saturated rings. The van der Waals surface area contributed by atoms with Crippen molar-refractivity contribution in [2.45, 2.75) is 38.1 Å². The number of nitrogens with one attached hydrogen (secondary N) is 2. The number of anilines is 1. The first-order valence-electron chi connectivity index (χ1n) is 10.4. The predicted molar refractivity (Wildman–Crippen MR) is 116 cm³/mol. The first-order chi connectivity index (χ1) is 13.8. The predicted octanol–water partition coefficient (Wildman–Crippen LogP) is 3.24. The summed E-state index contributed by atoms with van der Waals surface area (Å²) in [5, 5.41) is 7.23. The summed E-state index contributed by atoms with van der Waals surface area (Å²) in [6, 6.07) is 17.4. The van der Waals surface area contributed by atoms with Gasteiger partial charge in [0, 0.05) is 38.9 Å². The average Bonchev–Trinajstić information content (AvgIpc) is 3.52. The smallest absolute Gasteiger partial charge is 0.191 e. The third kappa shape index (κ3) is 4.83. The second-order valence-electron chi connectivity index (χ2n) is 8.18. The van der Waals surface area contributed by atoms with Crippen molar-refractivity contribution in [1.82, 2.24) is 15.6 Å². The lowest BCUT2D eigenvalue weighted by atomic mass is 9.96. The molecular weight excluding hydrogens is 346 g/mol. The van der Waals surface area contributed by atoms with Crippen LogP contribution in [0.3, 0.4) is 0 Å². The lowest BCUT2D eigenvalue weighted by Gasteiger charge is -2.34. The fraction of sp³-hybridized carbons (Fsp3) is 0.478. The molecule has 148 valence electrons. The second kappa shape index (κ2) is 8.63. The molecule has 0 unspecified atom stereocenters. The van der Waals surface area contributed by atoms with Gasteiger partial charge in [0.25, 0.3) is 0 Å². The molecule has 5 heteroatoms. The van der Waals surface area contributed by atoms with Gasteiger partial charge in [-0.3, -0.25) is 4.99 Å². The van der Waals surface area contributed by atoms with E-state index >= 15 is 0 Å². The van der Waals surface area contributed by atoms with E-state index in [2.05, 4.69) is 68.0 Å². The van der Waals surface area contributed by atoms with Crippen molar-refractivity contribution < 1.29 is 0 Å². The molecule has 1 aliphatic carbocycles. The molecule has 0 amide bonds. The van der Waals surface area contributed by atoms with E-state index in [0.29, 0.717) is 11.5 Å². The lowest BCUT2D eigenvalue weighted by molar-refractivity contribution is 0.449. The zero-order chi connectivity index (χ0) is 19.2. The maximum Gasteiger partial charge on any atom is 0.191 e. The monoisotopic (exact) mass is 377 g/mol. The molecule has 1 aliphatic heterocycles. The number of hydrogen-bond donors (Lipinski definition) is 2. The van der Waals surface area contributed by atoms with Gasteiger partial charge in [0.15, 0.2) is 5.96 Å². The molecule has 1 saturated heterocycles. The SMILES string of the molecule is CN=C(NCC1(Cc2ccccc2)CC1)NC1CCN(c2ccccn2)CC1. The van der Waals surface area contributed by atoms with Gasteiger partial charge in [0.05, 0.1) is 0 Å². The standard InChI is InChI=1S/C23H31N5/c1-24-22(26-18-23(12-13-23)17-19-7-3-2-4-8-19)27-20-10-15-28(16-11-20)21-9-5-6-14-25-21/h2-9,14,20H,10-13,15-18H2,1H3,(H2,24,26,27). The zero-order valence-corrected chi connectivity index (χ0v) is 16.8. The van der Waals surface area contributed by atoms with Crippen LogP contribution in [0.1, 0.15) is 31.2 Å². The van der Waals surface area contributed by atoms with Crippen LogP contribution < -0.4 is 15.5 Å². The molecule has 0 spiro atoms. The van der Waals surface area contributed by atoms with E-state index in [0.717, 1.165) is 50.7 Å². The number of guanidine groups is 1. The number of pyridine rings is 1. The quantitative estimate of drug-likeness (QED) is 0.599. The molecular formula is C23H31N5. The van der Waals surface area contributed by atoms with E-state index < -0.39 is 0 Å². The molecule has 0 bridgehead atoms. The molecule has 1 aromatic heterocycles. The highest BCUT2D eigenvalue weighted by Gasteiger charge is 2.42. The Morgan fingerprint density at radius 1 is 1.11 bits per heavy atom. The third-order valence-electron chi connectivity index (χ3n) is 6.04. The molecule has 1 aromatic carbocycles. The summed E-state index contributed by atoms with van der Waals surface area (Å²) in [6.45, 7) is 3.06. The summed E-state index contributed by atoms with van der Waals surface area (Å²) in [7, 11) is 1.87. The summed E-state index contributed by atoms with van der Waals surface area (Å²) in [5.74, 6) is 2.02. The Labute approximate surface area is 168 Å². The first-order valence-corrected chi connectivity index (χ1v) is 10.4. The van der Waals surface area contributed by atoms with Crippen LogP contribution in [0, 0.1) is 5.41 Å². The van der Waals surface area contributed by atoms with Gasteiger partial charge in [-0.25, -0.2) is 4.98 Å². The third-order valence-corrected chi connectivity index (χ3v) is 6.04. The number of aliphatic imine (C=N–C) groups is 1. The van der Waals surface area contributed by atoms with Crippen LogP contribution >= 0.6 is 0 Å². The minimum atomic E-state index is 0.404. The highest BCUT2D eigenvalue weighted by Crippen LogP contribution is 2.47. The molecule has 2 aromatic rings. The number of piperidine rings is 1. The normalized spacial score (nSPS) is 19.3. The van der Waals surface area contributed by atoms with Crippen molar-refractivity contribution in [2.24, 2.45) is 10.4 Å². The van der Waals surface area contributed by atoms with Crippen LogP contribution in [0.2, 0.25) is 0 Å². The Kier molecular flexibility index (Phi) is 5.79. The van der Waals surface area contributed by atoms with E-state index in [1.54, 1.807) is 0 Å². The van der Waals surface area contributed by atoms with Gasteiger partial charge in [-0.15, -0.1) is 0 Å². The number of benzene rings is 1. The molecule has 5 nitrogen and oxygen atoms in total. The Bertz CT molecular complexity index is 762. The first kappa shape index (κ1) is 18.8. The largest absolute Gasteiger partial charge is 0.356 e. The lowest BCUT2D eigenvalue weighted by Crippen LogP contribution is -2.49. The van der Waals surface area contributed by atoms with Gasteiger partial charge in [0.2, 0.25) is 0 Å². The highest BCUT2D eigenvalue weighted by molar-refractivity contribution is 5.80. The van der Waals surface area contributed by atoms with Gasteiger partial charge >= 0.3 is 0 Å².